The van der Waals surface area contributed by atoms with Gasteiger partial charge >= 0.3 is 0 Å². The topological polar surface area (TPSA) is 15.8 Å². The van der Waals surface area contributed by atoms with Crippen LogP contribution in [-0.2, 0) is 0 Å². The van der Waals surface area contributed by atoms with Crippen molar-refractivity contribution in [1.29, 1.82) is 0 Å². The molecule has 0 radical (unpaired) electrons. The van der Waals surface area contributed by atoms with E-state index in [1.165, 1.54) is 38.7 Å². The fraction of sp³-hybridized carbons (Fsp3) is 0.176. The van der Waals surface area contributed by atoms with Crippen LogP contribution in [0.15, 0.2) is 42.6 Å². The zero-order valence-electron chi connectivity index (χ0n) is 11.0. The van der Waals surface area contributed by atoms with Gasteiger partial charge in [-0.2, -0.15) is 0 Å². The lowest BCUT2D eigenvalue weighted by Gasteiger charge is -2.08. The SMILES string of the molecule is Cc1cc2[nH]cc(-c3ccccc3)c2c(C)c1C. The summed E-state index contributed by atoms with van der Waals surface area (Å²) in [6, 6.07) is 12.8. The molecule has 90 valence electrons. The lowest BCUT2D eigenvalue weighted by atomic mass is 9.96. The third-order valence-electron chi connectivity index (χ3n) is 3.89. The fourth-order valence-electron chi connectivity index (χ4n) is 2.61. The van der Waals surface area contributed by atoms with E-state index < -0.39 is 0 Å². The Hall–Kier alpha value is -2.02. The Balaban J connectivity index is 2.36. The normalized spacial score (nSPS) is 11.1. The van der Waals surface area contributed by atoms with E-state index in [0.29, 0.717) is 0 Å². The van der Waals surface area contributed by atoms with E-state index in [1.807, 2.05) is 0 Å². The number of hydrogen-bond donors (Lipinski definition) is 1. The van der Waals surface area contributed by atoms with Gasteiger partial charge in [0.05, 0.1) is 0 Å². The molecule has 0 aliphatic carbocycles. The Kier molecular flexibility index (Phi) is 2.48. The molecule has 1 heteroatoms. The number of rotatable bonds is 1. The van der Waals surface area contributed by atoms with Crippen LogP contribution in [0.5, 0.6) is 0 Å². The predicted octanol–water partition coefficient (Wildman–Crippen LogP) is 4.76. The molecule has 1 heterocycles. The van der Waals surface area contributed by atoms with Gasteiger partial charge in [-0.15, -0.1) is 0 Å². The van der Waals surface area contributed by atoms with Gasteiger partial charge in [0, 0.05) is 22.7 Å². The molecule has 0 amide bonds. The van der Waals surface area contributed by atoms with Crippen molar-refractivity contribution in [2.24, 2.45) is 0 Å². The minimum Gasteiger partial charge on any atom is -0.361 e. The van der Waals surface area contributed by atoms with Crippen molar-refractivity contribution in [2.75, 3.05) is 0 Å². The van der Waals surface area contributed by atoms with Crippen LogP contribution in [0.1, 0.15) is 16.7 Å². The van der Waals surface area contributed by atoms with Crippen LogP contribution in [0.2, 0.25) is 0 Å². The van der Waals surface area contributed by atoms with Crippen LogP contribution < -0.4 is 0 Å². The number of fused-ring (bicyclic) bond motifs is 1. The van der Waals surface area contributed by atoms with Crippen LogP contribution in [-0.4, -0.2) is 4.98 Å². The van der Waals surface area contributed by atoms with Crippen molar-refractivity contribution in [3.63, 3.8) is 0 Å². The van der Waals surface area contributed by atoms with Crippen molar-refractivity contribution in [3.8, 4) is 11.1 Å². The first-order chi connectivity index (χ1) is 8.68. The number of benzene rings is 2. The first kappa shape index (κ1) is 11.1. The van der Waals surface area contributed by atoms with Crippen molar-refractivity contribution in [1.82, 2.24) is 4.98 Å². The molecule has 0 unspecified atom stereocenters. The van der Waals surface area contributed by atoms with Gasteiger partial charge in [0.15, 0.2) is 0 Å². The van der Waals surface area contributed by atoms with Gasteiger partial charge < -0.3 is 4.98 Å². The Labute approximate surface area is 107 Å². The summed E-state index contributed by atoms with van der Waals surface area (Å²) >= 11 is 0. The Morgan fingerprint density at radius 1 is 0.889 bits per heavy atom. The molecule has 2 aromatic carbocycles. The molecule has 1 aromatic heterocycles. The average molecular weight is 235 g/mol. The highest BCUT2D eigenvalue weighted by Gasteiger charge is 2.11. The highest BCUT2D eigenvalue weighted by atomic mass is 14.7. The van der Waals surface area contributed by atoms with Gasteiger partial charge in [0.2, 0.25) is 0 Å². The number of aromatic nitrogens is 1. The first-order valence-corrected chi connectivity index (χ1v) is 6.32. The molecule has 0 saturated carbocycles. The number of nitrogens with one attached hydrogen (secondary N) is 1. The highest BCUT2D eigenvalue weighted by molar-refractivity contribution is 5.98. The van der Waals surface area contributed by atoms with Gasteiger partial charge in [0.1, 0.15) is 0 Å². The number of hydrogen-bond acceptors (Lipinski definition) is 0. The second-order valence-electron chi connectivity index (χ2n) is 4.93. The third kappa shape index (κ3) is 1.55. The van der Waals surface area contributed by atoms with Crippen molar-refractivity contribution in [2.45, 2.75) is 20.8 Å². The second-order valence-corrected chi connectivity index (χ2v) is 4.93. The predicted molar refractivity (Wildman–Crippen MR) is 77.9 cm³/mol. The van der Waals surface area contributed by atoms with Crippen LogP contribution >= 0.6 is 0 Å². The molecule has 0 atom stereocenters. The van der Waals surface area contributed by atoms with E-state index >= 15 is 0 Å². The highest BCUT2D eigenvalue weighted by Crippen LogP contribution is 2.33. The van der Waals surface area contributed by atoms with Crippen molar-refractivity contribution >= 4 is 10.9 Å². The molecule has 1 nitrogen and oxygen atoms in total. The van der Waals surface area contributed by atoms with E-state index in [-0.39, 0.29) is 0 Å². The smallest absolute Gasteiger partial charge is 0.0465 e. The molecule has 0 bridgehead atoms. The van der Waals surface area contributed by atoms with E-state index in [9.17, 15) is 0 Å². The molecule has 0 aliphatic heterocycles. The standard InChI is InChI=1S/C17H17N/c1-11-9-16-17(13(3)12(11)2)15(10-18-16)14-7-5-4-6-8-14/h4-10,18H,1-3H3. The molecule has 3 rings (SSSR count). The molecule has 0 saturated heterocycles. The monoisotopic (exact) mass is 235 g/mol. The van der Waals surface area contributed by atoms with Gasteiger partial charge in [-0.25, -0.2) is 0 Å². The Morgan fingerprint density at radius 3 is 2.33 bits per heavy atom. The summed E-state index contributed by atoms with van der Waals surface area (Å²) in [5.41, 5.74) is 7.92. The maximum absolute atomic E-state index is 3.40. The molecule has 0 spiro atoms. The largest absolute Gasteiger partial charge is 0.361 e. The van der Waals surface area contributed by atoms with Crippen molar-refractivity contribution in [3.05, 3.63) is 59.3 Å². The quantitative estimate of drug-likeness (QED) is 0.626. The summed E-state index contributed by atoms with van der Waals surface area (Å²) in [4.78, 5) is 3.40. The number of H-pyrrole nitrogens is 1. The lowest BCUT2D eigenvalue weighted by molar-refractivity contribution is 1.29. The first-order valence-electron chi connectivity index (χ1n) is 6.32. The van der Waals surface area contributed by atoms with E-state index in [2.05, 4.69) is 68.4 Å². The summed E-state index contributed by atoms with van der Waals surface area (Å²) in [5.74, 6) is 0. The summed E-state index contributed by atoms with van der Waals surface area (Å²) < 4.78 is 0. The Bertz CT molecular complexity index is 705. The van der Waals surface area contributed by atoms with E-state index in [4.69, 9.17) is 0 Å². The minimum atomic E-state index is 1.23. The maximum atomic E-state index is 3.40. The molecule has 3 aromatic rings. The lowest BCUT2D eigenvalue weighted by Crippen LogP contribution is -1.88. The zero-order chi connectivity index (χ0) is 12.7. The van der Waals surface area contributed by atoms with Crippen LogP contribution in [0.3, 0.4) is 0 Å². The van der Waals surface area contributed by atoms with Gasteiger partial charge in [-0.3, -0.25) is 0 Å². The molecule has 0 fully saturated rings. The van der Waals surface area contributed by atoms with Crippen LogP contribution in [0.25, 0.3) is 22.0 Å². The summed E-state index contributed by atoms with van der Waals surface area (Å²) in [6.45, 7) is 6.58. The third-order valence-corrected chi connectivity index (χ3v) is 3.89. The summed E-state index contributed by atoms with van der Waals surface area (Å²) in [7, 11) is 0. The molecular weight excluding hydrogens is 218 g/mol. The van der Waals surface area contributed by atoms with E-state index in [1.54, 1.807) is 0 Å². The van der Waals surface area contributed by atoms with Gasteiger partial charge in [-0.05, 0) is 49.1 Å². The summed E-state index contributed by atoms with van der Waals surface area (Å²) in [6.07, 6.45) is 2.12. The number of aryl methyl sites for hydroxylation is 2. The second kappa shape index (κ2) is 4.02. The molecule has 18 heavy (non-hydrogen) atoms. The summed E-state index contributed by atoms with van der Waals surface area (Å²) in [5, 5.41) is 1.35. The van der Waals surface area contributed by atoms with Crippen LogP contribution in [0, 0.1) is 20.8 Å². The van der Waals surface area contributed by atoms with E-state index in [0.717, 1.165) is 0 Å². The fourth-order valence-corrected chi connectivity index (χ4v) is 2.61. The van der Waals surface area contributed by atoms with Crippen LogP contribution in [0.4, 0.5) is 0 Å². The Morgan fingerprint density at radius 2 is 1.61 bits per heavy atom. The van der Waals surface area contributed by atoms with Gasteiger partial charge in [0.25, 0.3) is 0 Å². The van der Waals surface area contributed by atoms with Gasteiger partial charge in [-0.1, -0.05) is 30.3 Å². The van der Waals surface area contributed by atoms with Crippen molar-refractivity contribution < 1.29 is 0 Å². The maximum Gasteiger partial charge on any atom is 0.0465 e. The molecular formula is C17H17N. The average Bonchev–Trinajstić information content (AvgIpc) is 2.81. The molecule has 0 aliphatic rings. The number of aromatic amines is 1. The molecule has 1 N–H and O–H groups in total. The minimum absolute atomic E-state index is 1.23. The zero-order valence-corrected chi connectivity index (χ0v) is 11.0.